The molecule has 1 atom stereocenters. The van der Waals surface area contributed by atoms with Crippen LogP contribution < -0.4 is 5.32 Å². The van der Waals surface area contributed by atoms with Crippen LogP contribution in [0.4, 0.5) is 0 Å². The lowest BCUT2D eigenvalue weighted by molar-refractivity contribution is -0.138. The summed E-state index contributed by atoms with van der Waals surface area (Å²) in [5.41, 5.74) is 0. The Kier molecular flexibility index (Phi) is 3.82. The van der Waals surface area contributed by atoms with Gasteiger partial charge in [0.15, 0.2) is 5.25 Å². The van der Waals surface area contributed by atoms with Crippen LogP contribution in [0.25, 0.3) is 0 Å². The minimum Gasteiger partial charge on any atom is -0.480 e. The Labute approximate surface area is 74.5 Å². The highest BCUT2D eigenvalue weighted by Gasteiger charge is 2.32. The molecule has 0 aliphatic rings. The summed E-state index contributed by atoms with van der Waals surface area (Å²) < 4.78 is 29.2. The molecule has 0 aromatic rings. The van der Waals surface area contributed by atoms with Gasteiger partial charge in [-0.05, 0) is 0 Å². The largest absolute Gasteiger partial charge is 0.480 e. The van der Waals surface area contributed by atoms with E-state index in [0.29, 0.717) is 0 Å². The molecule has 0 radical (unpaired) electrons. The number of amides is 1. The Balaban J connectivity index is 4.66. The standard InChI is InChI=1S/C5H9NO6S/c1-6-4(7)2-3(5(8)9)13(10,11)12/h3H,2H2,1H3,(H,6,7)(H,8,9)(H,10,11,12). The van der Waals surface area contributed by atoms with E-state index in [1.807, 2.05) is 5.32 Å². The lowest BCUT2D eigenvalue weighted by Crippen LogP contribution is -2.35. The van der Waals surface area contributed by atoms with Crippen LogP contribution >= 0.6 is 0 Å². The molecule has 1 unspecified atom stereocenters. The van der Waals surface area contributed by atoms with Crippen molar-refractivity contribution in [3.8, 4) is 0 Å². The molecule has 0 fully saturated rings. The Morgan fingerprint density at radius 3 is 2.15 bits per heavy atom. The molecule has 0 aliphatic heterocycles. The molecule has 1 amide bonds. The van der Waals surface area contributed by atoms with Gasteiger partial charge in [-0.25, -0.2) is 0 Å². The van der Waals surface area contributed by atoms with Crippen molar-refractivity contribution in [2.45, 2.75) is 11.7 Å². The summed E-state index contributed by atoms with van der Waals surface area (Å²) in [5.74, 6) is -2.53. The van der Waals surface area contributed by atoms with Crippen molar-refractivity contribution in [3.05, 3.63) is 0 Å². The van der Waals surface area contributed by atoms with Gasteiger partial charge < -0.3 is 10.4 Å². The minimum absolute atomic E-state index is 0.773. The fraction of sp³-hybridized carbons (Fsp3) is 0.600. The first-order valence-corrected chi connectivity index (χ1v) is 4.69. The summed E-state index contributed by atoms with van der Waals surface area (Å²) in [4.78, 5) is 20.9. The number of hydrogen-bond acceptors (Lipinski definition) is 4. The van der Waals surface area contributed by atoms with Gasteiger partial charge in [0.25, 0.3) is 10.1 Å². The maximum Gasteiger partial charge on any atom is 0.324 e. The van der Waals surface area contributed by atoms with E-state index in [9.17, 15) is 18.0 Å². The molecule has 0 aliphatic carbocycles. The zero-order chi connectivity index (χ0) is 10.6. The van der Waals surface area contributed by atoms with Crippen LogP contribution in [0.5, 0.6) is 0 Å². The number of hydrogen-bond donors (Lipinski definition) is 3. The van der Waals surface area contributed by atoms with E-state index in [1.54, 1.807) is 0 Å². The van der Waals surface area contributed by atoms with Gasteiger partial charge in [0.1, 0.15) is 0 Å². The van der Waals surface area contributed by atoms with Gasteiger partial charge in [0, 0.05) is 7.05 Å². The third-order valence-corrected chi connectivity index (χ3v) is 2.37. The molecular formula is C5H9NO6S. The Morgan fingerprint density at radius 1 is 1.46 bits per heavy atom. The number of carbonyl (C=O) groups excluding carboxylic acids is 1. The van der Waals surface area contributed by atoms with Gasteiger partial charge in [-0.15, -0.1) is 0 Å². The molecular weight excluding hydrogens is 202 g/mol. The van der Waals surface area contributed by atoms with Crippen LogP contribution in [-0.4, -0.2) is 42.3 Å². The third-order valence-electron chi connectivity index (χ3n) is 1.28. The summed E-state index contributed by atoms with van der Waals surface area (Å²) in [5, 5.41) is 8.27. The zero-order valence-electron chi connectivity index (χ0n) is 6.72. The highest BCUT2D eigenvalue weighted by atomic mass is 32.2. The molecule has 0 saturated heterocycles. The monoisotopic (exact) mass is 211 g/mol. The fourth-order valence-corrected chi connectivity index (χ4v) is 1.21. The molecule has 0 saturated carbocycles. The molecule has 0 aromatic heterocycles. The summed E-state index contributed by atoms with van der Waals surface area (Å²) in [6, 6.07) is 0. The first-order chi connectivity index (χ1) is 5.79. The summed E-state index contributed by atoms with van der Waals surface area (Å²) >= 11 is 0. The van der Waals surface area contributed by atoms with Gasteiger partial charge in [0.2, 0.25) is 5.91 Å². The van der Waals surface area contributed by atoms with Crippen molar-refractivity contribution in [2.24, 2.45) is 0 Å². The lowest BCUT2D eigenvalue weighted by atomic mass is 10.3. The number of carboxylic acids is 1. The average molecular weight is 211 g/mol. The van der Waals surface area contributed by atoms with E-state index in [4.69, 9.17) is 9.66 Å². The van der Waals surface area contributed by atoms with E-state index in [-0.39, 0.29) is 0 Å². The molecule has 0 spiro atoms. The minimum atomic E-state index is -4.73. The van der Waals surface area contributed by atoms with Crippen molar-refractivity contribution < 1.29 is 27.7 Å². The SMILES string of the molecule is CNC(=O)CC(C(=O)O)S(=O)(=O)O. The van der Waals surface area contributed by atoms with Crippen LogP contribution in [-0.2, 0) is 19.7 Å². The Bertz CT molecular complexity index is 307. The summed E-state index contributed by atoms with van der Waals surface area (Å²) in [7, 11) is -3.50. The Hall–Kier alpha value is -1.15. The van der Waals surface area contributed by atoms with E-state index in [1.165, 1.54) is 7.05 Å². The molecule has 0 rings (SSSR count). The summed E-state index contributed by atoms with van der Waals surface area (Å²) in [6.45, 7) is 0. The predicted octanol–water partition coefficient (Wildman–Crippen LogP) is -1.54. The molecule has 3 N–H and O–H groups in total. The molecule has 7 nitrogen and oxygen atoms in total. The van der Waals surface area contributed by atoms with Crippen molar-refractivity contribution in [2.75, 3.05) is 7.05 Å². The number of aliphatic carboxylic acids is 1. The van der Waals surface area contributed by atoms with Crippen molar-refractivity contribution in [3.63, 3.8) is 0 Å². The normalized spacial score (nSPS) is 13.4. The van der Waals surface area contributed by atoms with Gasteiger partial charge in [0.05, 0.1) is 6.42 Å². The van der Waals surface area contributed by atoms with Crippen LogP contribution in [0.2, 0.25) is 0 Å². The zero-order valence-corrected chi connectivity index (χ0v) is 7.54. The highest BCUT2D eigenvalue weighted by Crippen LogP contribution is 2.04. The third kappa shape index (κ3) is 3.85. The maximum atomic E-state index is 10.6. The van der Waals surface area contributed by atoms with Crippen molar-refractivity contribution >= 4 is 22.0 Å². The highest BCUT2D eigenvalue weighted by molar-refractivity contribution is 7.87. The van der Waals surface area contributed by atoms with E-state index in [0.717, 1.165) is 0 Å². The molecule has 8 heteroatoms. The van der Waals surface area contributed by atoms with Crippen molar-refractivity contribution in [1.82, 2.24) is 5.32 Å². The number of rotatable bonds is 4. The molecule has 0 heterocycles. The molecule has 76 valence electrons. The average Bonchev–Trinajstić information content (AvgIpc) is 1.96. The van der Waals surface area contributed by atoms with Crippen LogP contribution in [0.1, 0.15) is 6.42 Å². The van der Waals surface area contributed by atoms with Crippen molar-refractivity contribution in [1.29, 1.82) is 0 Å². The van der Waals surface area contributed by atoms with Gasteiger partial charge >= 0.3 is 5.97 Å². The van der Waals surface area contributed by atoms with E-state index >= 15 is 0 Å². The molecule has 0 bridgehead atoms. The topological polar surface area (TPSA) is 121 Å². The molecule has 13 heavy (non-hydrogen) atoms. The quantitative estimate of drug-likeness (QED) is 0.485. The number of carboxylic acid groups (broad SMARTS) is 1. The van der Waals surface area contributed by atoms with Gasteiger partial charge in [-0.1, -0.05) is 0 Å². The van der Waals surface area contributed by atoms with E-state index in [2.05, 4.69) is 0 Å². The Morgan fingerprint density at radius 2 is 1.92 bits per heavy atom. The second-order valence-electron chi connectivity index (χ2n) is 2.22. The van der Waals surface area contributed by atoms with E-state index < -0.39 is 33.7 Å². The maximum absolute atomic E-state index is 10.6. The summed E-state index contributed by atoms with van der Waals surface area (Å²) in [6.07, 6.45) is -0.801. The molecule has 0 aromatic carbocycles. The second-order valence-corrected chi connectivity index (χ2v) is 3.82. The fourth-order valence-electron chi connectivity index (χ4n) is 0.590. The first-order valence-electron chi connectivity index (χ1n) is 3.18. The van der Waals surface area contributed by atoms with Crippen LogP contribution in [0.3, 0.4) is 0 Å². The van der Waals surface area contributed by atoms with Gasteiger partial charge in [-0.2, -0.15) is 8.42 Å². The van der Waals surface area contributed by atoms with Crippen LogP contribution in [0.15, 0.2) is 0 Å². The predicted molar refractivity (Wildman–Crippen MR) is 41.7 cm³/mol. The second kappa shape index (κ2) is 4.19. The lowest BCUT2D eigenvalue weighted by Gasteiger charge is -2.06. The first kappa shape index (κ1) is 11.8. The number of carbonyl (C=O) groups is 2. The smallest absolute Gasteiger partial charge is 0.324 e. The van der Waals surface area contributed by atoms with Crippen LogP contribution in [0, 0.1) is 0 Å². The number of nitrogens with one attached hydrogen (secondary N) is 1. The van der Waals surface area contributed by atoms with Gasteiger partial charge in [-0.3, -0.25) is 14.1 Å².